The summed E-state index contributed by atoms with van der Waals surface area (Å²) < 4.78 is 0. The molecule has 0 fully saturated rings. The lowest BCUT2D eigenvalue weighted by Gasteiger charge is -2.29. The molecule has 0 aliphatic carbocycles. The molecule has 1 aromatic heterocycles. The Bertz CT molecular complexity index is 976. The van der Waals surface area contributed by atoms with Gasteiger partial charge >= 0.3 is 5.97 Å². The Morgan fingerprint density at radius 2 is 1.97 bits per heavy atom. The molecule has 1 aromatic carbocycles. The molecule has 0 bridgehead atoms. The van der Waals surface area contributed by atoms with Gasteiger partial charge in [-0.25, -0.2) is 0 Å². The number of aliphatic carboxylic acids is 1. The lowest BCUT2D eigenvalue weighted by molar-refractivity contribution is -0.141. The Morgan fingerprint density at radius 1 is 1.25 bits per heavy atom. The number of benzene rings is 1. The summed E-state index contributed by atoms with van der Waals surface area (Å²) in [5, 5.41) is 12.3. The molecule has 2 N–H and O–H groups in total. The second-order valence-electron chi connectivity index (χ2n) is 8.58. The minimum absolute atomic E-state index is 0.0942. The van der Waals surface area contributed by atoms with Gasteiger partial charge in [-0.2, -0.15) is 0 Å². The van der Waals surface area contributed by atoms with Crippen LogP contribution in [0.2, 0.25) is 0 Å². The number of aromatic nitrogens is 1. The van der Waals surface area contributed by atoms with Crippen LogP contribution in [-0.2, 0) is 22.6 Å². The van der Waals surface area contributed by atoms with Crippen molar-refractivity contribution in [3.8, 4) is 0 Å². The van der Waals surface area contributed by atoms with E-state index in [-0.39, 0.29) is 30.1 Å². The first kappa shape index (κ1) is 23.4. The number of pyridine rings is 1. The van der Waals surface area contributed by atoms with Gasteiger partial charge in [0.05, 0.1) is 12.3 Å². The largest absolute Gasteiger partial charge is 0.481 e. The molecule has 0 saturated carbocycles. The highest BCUT2D eigenvalue weighted by Crippen LogP contribution is 2.40. The number of rotatable bonds is 8. The number of nitrogens with one attached hydrogen (secondary N) is 1. The Hall–Kier alpha value is -3.22. The van der Waals surface area contributed by atoms with E-state index in [2.05, 4.69) is 10.3 Å². The van der Waals surface area contributed by atoms with E-state index in [4.69, 9.17) is 0 Å². The summed E-state index contributed by atoms with van der Waals surface area (Å²) in [6.07, 6.45) is 4.77. The molecule has 7 nitrogen and oxygen atoms in total. The second kappa shape index (κ2) is 10.4. The van der Waals surface area contributed by atoms with Crippen LogP contribution in [0.15, 0.2) is 42.7 Å². The Kier molecular flexibility index (Phi) is 7.62. The number of hydrogen-bond acceptors (Lipinski definition) is 4. The molecule has 1 aliphatic rings. The Labute approximate surface area is 188 Å². The second-order valence-corrected chi connectivity index (χ2v) is 8.58. The van der Waals surface area contributed by atoms with E-state index in [9.17, 15) is 19.5 Å². The average molecular weight is 438 g/mol. The number of fused-ring (bicyclic) bond motifs is 1. The van der Waals surface area contributed by atoms with E-state index in [1.807, 2.05) is 38.1 Å². The maximum atomic E-state index is 13.1. The zero-order chi connectivity index (χ0) is 23.3. The quantitative estimate of drug-likeness (QED) is 0.660. The predicted octanol–water partition coefficient (Wildman–Crippen LogP) is 3.25. The van der Waals surface area contributed by atoms with Crippen LogP contribution >= 0.6 is 0 Å². The number of carbonyl (C=O) groups is 3. The van der Waals surface area contributed by atoms with Crippen molar-refractivity contribution in [3.05, 3.63) is 65.0 Å². The van der Waals surface area contributed by atoms with Crippen molar-refractivity contribution < 1.29 is 19.5 Å². The predicted molar refractivity (Wildman–Crippen MR) is 121 cm³/mol. The first-order valence-electron chi connectivity index (χ1n) is 11.1. The van der Waals surface area contributed by atoms with Crippen LogP contribution in [0, 0.1) is 11.8 Å². The molecule has 0 saturated heterocycles. The third-order valence-corrected chi connectivity index (χ3v) is 6.46. The number of hydrogen-bond donors (Lipinski definition) is 2. The summed E-state index contributed by atoms with van der Waals surface area (Å²) in [6, 6.07) is 9.42. The number of carboxylic acids is 1. The number of nitrogens with zero attached hydrogens (tertiary/aromatic N) is 2. The molecule has 2 amide bonds. The molecule has 7 heteroatoms. The van der Waals surface area contributed by atoms with Crippen LogP contribution in [-0.4, -0.2) is 46.4 Å². The molecule has 32 heavy (non-hydrogen) atoms. The van der Waals surface area contributed by atoms with Gasteiger partial charge in [-0.1, -0.05) is 26.3 Å². The lowest BCUT2D eigenvalue weighted by atomic mass is 9.73. The van der Waals surface area contributed by atoms with E-state index >= 15 is 0 Å². The Morgan fingerprint density at radius 3 is 2.62 bits per heavy atom. The molecule has 3 atom stereocenters. The van der Waals surface area contributed by atoms with Crippen molar-refractivity contribution in [2.45, 2.75) is 45.6 Å². The fourth-order valence-corrected chi connectivity index (χ4v) is 4.43. The van der Waals surface area contributed by atoms with Crippen LogP contribution in [0.25, 0.3) is 0 Å². The van der Waals surface area contributed by atoms with Crippen molar-refractivity contribution in [1.82, 2.24) is 15.2 Å². The average Bonchev–Trinajstić information content (AvgIpc) is 2.93. The zero-order valence-corrected chi connectivity index (χ0v) is 18.9. The van der Waals surface area contributed by atoms with Crippen molar-refractivity contribution in [3.63, 3.8) is 0 Å². The molecular formula is C25H31N3O4. The van der Waals surface area contributed by atoms with Gasteiger partial charge in [0.15, 0.2) is 0 Å². The minimum Gasteiger partial charge on any atom is -0.481 e. The summed E-state index contributed by atoms with van der Waals surface area (Å²) in [4.78, 5) is 43.1. The highest BCUT2D eigenvalue weighted by molar-refractivity contribution is 5.94. The maximum absolute atomic E-state index is 13.1. The Balaban J connectivity index is 1.89. The highest BCUT2D eigenvalue weighted by atomic mass is 16.4. The topological polar surface area (TPSA) is 99.6 Å². The molecule has 0 radical (unpaired) electrons. The van der Waals surface area contributed by atoms with Gasteiger partial charge in [0, 0.05) is 38.1 Å². The number of likely N-dealkylation sites (N-methyl/N-ethyl adjacent to an activating group) is 1. The van der Waals surface area contributed by atoms with E-state index in [0.29, 0.717) is 18.7 Å². The van der Waals surface area contributed by atoms with Crippen LogP contribution in [0.3, 0.4) is 0 Å². The normalized spacial score (nSPS) is 18.8. The summed E-state index contributed by atoms with van der Waals surface area (Å²) in [5.41, 5.74) is 3.50. The zero-order valence-electron chi connectivity index (χ0n) is 18.9. The van der Waals surface area contributed by atoms with Gasteiger partial charge < -0.3 is 15.3 Å². The van der Waals surface area contributed by atoms with Gasteiger partial charge in [-0.15, -0.1) is 0 Å². The van der Waals surface area contributed by atoms with E-state index < -0.39 is 11.9 Å². The minimum atomic E-state index is -0.995. The first-order chi connectivity index (χ1) is 15.3. The lowest BCUT2D eigenvalue weighted by Crippen LogP contribution is -2.34. The third-order valence-electron chi connectivity index (χ3n) is 6.46. The molecule has 1 aliphatic heterocycles. The summed E-state index contributed by atoms with van der Waals surface area (Å²) in [6.45, 7) is 4.98. The first-order valence-corrected chi connectivity index (χ1v) is 11.1. The summed E-state index contributed by atoms with van der Waals surface area (Å²) in [5.74, 6) is -2.16. The van der Waals surface area contributed by atoms with Gasteiger partial charge in [0.1, 0.15) is 0 Å². The standard InChI is InChI=1S/C25H31N3O4/c1-4-16(2)23-20-13-18(25(32)28(3)12-9-17-7-10-26-11-8-17)5-6-19(20)15-27-24(31)21(23)14-22(29)30/h5-8,10-11,13,16,21,23H,4,9,12,14-15H2,1-3H3,(H,27,31)(H,29,30)/t16?,21-,23-/m1/s1. The SMILES string of the molecule is CCC(C)[C@@H]1c2cc(C(=O)N(C)CCc3ccncc3)ccc2CNC(=O)[C@@H]1CC(=O)O. The van der Waals surface area contributed by atoms with E-state index in [0.717, 1.165) is 29.5 Å². The molecule has 3 rings (SSSR count). The maximum Gasteiger partial charge on any atom is 0.304 e. The van der Waals surface area contributed by atoms with Crippen molar-refractivity contribution >= 4 is 17.8 Å². The molecule has 0 spiro atoms. The van der Waals surface area contributed by atoms with Gasteiger partial charge in [-0.3, -0.25) is 19.4 Å². The highest BCUT2D eigenvalue weighted by Gasteiger charge is 2.38. The monoisotopic (exact) mass is 437 g/mol. The summed E-state index contributed by atoms with van der Waals surface area (Å²) >= 11 is 0. The van der Waals surface area contributed by atoms with Crippen molar-refractivity contribution in [2.24, 2.45) is 11.8 Å². The van der Waals surface area contributed by atoms with E-state index in [1.54, 1.807) is 30.4 Å². The molecule has 170 valence electrons. The number of amides is 2. The van der Waals surface area contributed by atoms with Gasteiger partial charge in [0.2, 0.25) is 5.91 Å². The molecule has 2 heterocycles. The van der Waals surface area contributed by atoms with Gasteiger partial charge in [0.25, 0.3) is 5.91 Å². The summed E-state index contributed by atoms with van der Waals surface area (Å²) in [7, 11) is 1.78. The van der Waals surface area contributed by atoms with Crippen molar-refractivity contribution in [1.29, 1.82) is 0 Å². The smallest absolute Gasteiger partial charge is 0.304 e. The fourth-order valence-electron chi connectivity index (χ4n) is 4.43. The molecule has 1 unspecified atom stereocenters. The molecular weight excluding hydrogens is 406 g/mol. The number of carboxylic acid groups (broad SMARTS) is 1. The fraction of sp³-hybridized carbons (Fsp3) is 0.440. The van der Waals surface area contributed by atoms with Crippen LogP contribution in [0.5, 0.6) is 0 Å². The van der Waals surface area contributed by atoms with E-state index in [1.165, 1.54) is 0 Å². The van der Waals surface area contributed by atoms with Crippen molar-refractivity contribution in [2.75, 3.05) is 13.6 Å². The van der Waals surface area contributed by atoms with Crippen LogP contribution in [0.1, 0.15) is 59.7 Å². The number of carbonyl (C=O) groups excluding carboxylic acids is 2. The van der Waals surface area contributed by atoms with Gasteiger partial charge in [-0.05, 0) is 59.2 Å². The molecule has 2 aromatic rings. The van der Waals surface area contributed by atoms with Crippen LogP contribution in [0.4, 0.5) is 0 Å². The third kappa shape index (κ3) is 5.33. The van der Waals surface area contributed by atoms with Crippen LogP contribution < -0.4 is 5.32 Å².